The van der Waals surface area contributed by atoms with Gasteiger partial charge in [-0.1, -0.05) is 23.9 Å². The summed E-state index contributed by atoms with van der Waals surface area (Å²) in [6.07, 6.45) is 0.269. The summed E-state index contributed by atoms with van der Waals surface area (Å²) in [4.78, 5) is 30.9. The molecule has 0 bridgehead atoms. The van der Waals surface area contributed by atoms with Gasteiger partial charge in [0.05, 0.1) is 22.7 Å². The lowest BCUT2D eigenvalue weighted by Crippen LogP contribution is -2.57. The molecule has 0 aliphatic carbocycles. The average molecular weight is 372 g/mol. The van der Waals surface area contributed by atoms with Crippen molar-refractivity contribution in [1.29, 1.82) is 0 Å². The normalized spacial score (nSPS) is 20.2. The average Bonchev–Trinajstić information content (AvgIpc) is 3.22. The van der Waals surface area contributed by atoms with Crippen molar-refractivity contribution >= 4 is 34.7 Å². The Bertz CT molecular complexity index is 935. The van der Waals surface area contributed by atoms with Crippen molar-refractivity contribution in [2.24, 2.45) is 5.92 Å². The molecule has 2 aromatic heterocycles. The Morgan fingerprint density at radius 1 is 1.23 bits per heavy atom. The predicted molar refractivity (Wildman–Crippen MR) is 93.3 cm³/mol. The second-order valence-corrected chi connectivity index (χ2v) is 6.94. The number of aromatic nitrogens is 4. The van der Waals surface area contributed by atoms with Crippen LogP contribution in [0, 0.1) is 5.92 Å². The minimum absolute atomic E-state index is 0.269. The topological polar surface area (TPSA) is 126 Å². The van der Waals surface area contributed by atoms with E-state index < -0.39 is 11.9 Å². The standard InChI is InChI=1S/C16H16N6O3S/c1-8-9(14(23)20-15(24)17-8)6-13-21-22-16(25-13)26-7-12-18-10-4-2-3-5-11(10)19-12/h2-5,8-9H,6-7H2,1H3,(H,18,19)(H2,17,20,23,24). The molecule has 9 nitrogen and oxygen atoms in total. The summed E-state index contributed by atoms with van der Waals surface area (Å²) < 4.78 is 5.61. The van der Waals surface area contributed by atoms with Gasteiger partial charge in [-0.2, -0.15) is 0 Å². The second-order valence-electron chi connectivity index (χ2n) is 6.01. The Kier molecular flexibility index (Phi) is 4.33. The van der Waals surface area contributed by atoms with Crippen molar-refractivity contribution < 1.29 is 14.0 Å². The highest BCUT2D eigenvalue weighted by atomic mass is 32.2. The van der Waals surface area contributed by atoms with Gasteiger partial charge in [-0.25, -0.2) is 9.78 Å². The van der Waals surface area contributed by atoms with Gasteiger partial charge in [0.1, 0.15) is 5.82 Å². The van der Waals surface area contributed by atoms with Gasteiger partial charge >= 0.3 is 6.03 Å². The number of aromatic amines is 1. The number of H-pyrrole nitrogens is 1. The van der Waals surface area contributed by atoms with Gasteiger partial charge < -0.3 is 14.7 Å². The quantitative estimate of drug-likeness (QED) is 0.581. The van der Waals surface area contributed by atoms with E-state index in [0.717, 1.165) is 16.9 Å². The van der Waals surface area contributed by atoms with Crippen molar-refractivity contribution in [3.05, 3.63) is 36.0 Å². The molecular weight excluding hydrogens is 356 g/mol. The van der Waals surface area contributed by atoms with Crippen LogP contribution in [-0.4, -0.2) is 38.1 Å². The Labute approximate surface area is 152 Å². The summed E-state index contributed by atoms with van der Waals surface area (Å²) in [6, 6.07) is 7.03. The highest BCUT2D eigenvalue weighted by molar-refractivity contribution is 7.98. The molecule has 2 atom stereocenters. The van der Waals surface area contributed by atoms with Gasteiger partial charge in [0.25, 0.3) is 5.22 Å². The number of hydrogen-bond donors (Lipinski definition) is 3. The molecular formula is C16H16N6O3S. The summed E-state index contributed by atoms with van der Waals surface area (Å²) in [7, 11) is 0. The van der Waals surface area contributed by atoms with Crippen LogP contribution in [0.5, 0.6) is 0 Å². The van der Waals surface area contributed by atoms with E-state index in [1.54, 1.807) is 6.92 Å². The van der Waals surface area contributed by atoms with Crippen molar-refractivity contribution in [3.8, 4) is 0 Å². The van der Waals surface area contributed by atoms with E-state index in [4.69, 9.17) is 4.42 Å². The number of carbonyl (C=O) groups excluding carboxylic acids is 2. The van der Waals surface area contributed by atoms with Crippen LogP contribution < -0.4 is 10.6 Å². The first-order valence-electron chi connectivity index (χ1n) is 8.08. The van der Waals surface area contributed by atoms with E-state index in [0.29, 0.717) is 16.9 Å². The van der Waals surface area contributed by atoms with Gasteiger partial charge in [-0.3, -0.25) is 10.1 Å². The third-order valence-corrected chi connectivity index (χ3v) is 4.98. The zero-order valence-electron chi connectivity index (χ0n) is 13.9. The number of hydrogen-bond acceptors (Lipinski definition) is 7. The maximum absolute atomic E-state index is 11.9. The number of rotatable bonds is 5. The lowest BCUT2D eigenvalue weighted by Gasteiger charge is -2.27. The summed E-state index contributed by atoms with van der Waals surface area (Å²) in [5.41, 5.74) is 1.89. The number of nitrogens with one attached hydrogen (secondary N) is 3. The Morgan fingerprint density at radius 3 is 2.88 bits per heavy atom. The Morgan fingerprint density at radius 2 is 2.08 bits per heavy atom. The molecule has 10 heteroatoms. The van der Waals surface area contributed by atoms with Crippen LogP contribution >= 0.6 is 11.8 Å². The van der Waals surface area contributed by atoms with Crippen molar-refractivity contribution in [3.63, 3.8) is 0 Å². The number of imide groups is 1. The first kappa shape index (κ1) is 16.6. The van der Waals surface area contributed by atoms with Gasteiger partial charge in [-0.05, 0) is 19.1 Å². The minimum Gasteiger partial charge on any atom is -0.416 e. The Hall–Kier alpha value is -2.88. The van der Waals surface area contributed by atoms with E-state index in [1.807, 2.05) is 24.3 Å². The fourth-order valence-electron chi connectivity index (χ4n) is 2.82. The van der Waals surface area contributed by atoms with E-state index in [9.17, 15) is 9.59 Å². The first-order chi connectivity index (χ1) is 12.6. The van der Waals surface area contributed by atoms with Gasteiger partial charge in [0.15, 0.2) is 0 Å². The largest absolute Gasteiger partial charge is 0.416 e. The van der Waals surface area contributed by atoms with Crippen LogP contribution in [0.4, 0.5) is 4.79 Å². The summed E-state index contributed by atoms with van der Waals surface area (Å²) in [5, 5.41) is 13.3. The summed E-state index contributed by atoms with van der Waals surface area (Å²) in [5.74, 6) is 0.962. The number of nitrogens with zero attached hydrogens (tertiary/aromatic N) is 3. The van der Waals surface area contributed by atoms with Crippen molar-refractivity contribution in [2.75, 3.05) is 0 Å². The van der Waals surface area contributed by atoms with Crippen LogP contribution in [0.25, 0.3) is 11.0 Å². The summed E-state index contributed by atoms with van der Waals surface area (Å²) in [6.45, 7) is 1.77. The lowest BCUT2D eigenvalue weighted by molar-refractivity contribution is -0.125. The molecule has 3 heterocycles. The van der Waals surface area contributed by atoms with Gasteiger partial charge in [0, 0.05) is 12.5 Å². The fourth-order valence-corrected chi connectivity index (χ4v) is 3.47. The number of benzene rings is 1. The maximum atomic E-state index is 11.9. The fraction of sp³-hybridized carbons (Fsp3) is 0.312. The number of amides is 3. The molecule has 26 heavy (non-hydrogen) atoms. The number of para-hydroxylation sites is 2. The molecule has 0 saturated carbocycles. The first-order valence-corrected chi connectivity index (χ1v) is 9.07. The van der Waals surface area contributed by atoms with Crippen molar-refractivity contribution in [1.82, 2.24) is 30.8 Å². The molecule has 1 aromatic carbocycles. The SMILES string of the molecule is CC1NC(=O)NC(=O)C1Cc1nnc(SCc2nc3ccccc3[nH]2)o1. The maximum Gasteiger partial charge on any atom is 0.321 e. The molecule has 4 rings (SSSR count). The summed E-state index contributed by atoms with van der Waals surface area (Å²) >= 11 is 1.37. The molecule has 3 aromatic rings. The molecule has 134 valence electrons. The van der Waals surface area contributed by atoms with Crippen LogP contribution in [0.15, 0.2) is 33.9 Å². The van der Waals surface area contributed by atoms with Gasteiger partial charge in [0.2, 0.25) is 11.8 Å². The molecule has 1 saturated heterocycles. The van der Waals surface area contributed by atoms with Crippen LogP contribution in [0.2, 0.25) is 0 Å². The van der Waals surface area contributed by atoms with Crippen LogP contribution in [0.3, 0.4) is 0 Å². The van der Waals surface area contributed by atoms with E-state index in [2.05, 4.69) is 30.8 Å². The lowest BCUT2D eigenvalue weighted by atomic mass is 9.95. The van der Waals surface area contributed by atoms with Crippen LogP contribution in [0.1, 0.15) is 18.6 Å². The molecule has 0 radical (unpaired) electrons. The highest BCUT2D eigenvalue weighted by Crippen LogP contribution is 2.23. The molecule has 1 aliphatic rings. The zero-order chi connectivity index (χ0) is 18.1. The monoisotopic (exact) mass is 372 g/mol. The van der Waals surface area contributed by atoms with Crippen LogP contribution in [-0.2, 0) is 17.0 Å². The second kappa shape index (κ2) is 6.79. The molecule has 3 amide bonds. The molecule has 1 fully saturated rings. The number of imidazole rings is 1. The smallest absolute Gasteiger partial charge is 0.321 e. The molecule has 3 N–H and O–H groups in total. The molecule has 2 unspecified atom stereocenters. The van der Waals surface area contributed by atoms with Gasteiger partial charge in [-0.15, -0.1) is 10.2 Å². The zero-order valence-corrected chi connectivity index (χ0v) is 14.7. The van der Waals surface area contributed by atoms with E-state index in [1.165, 1.54) is 11.8 Å². The number of thioether (sulfide) groups is 1. The molecule has 0 spiro atoms. The predicted octanol–water partition coefficient (Wildman–Crippen LogP) is 1.62. The number of fused-ring (bicyclic) bond motifs is 1. The highest BCUT2D eigenvalue weighted by Gasteiger charge is 2.34. The van der Waals surface area contributed by atoms with E-state index in [-0.39, 0.29) is 18.4 Å². The number of urea groups is 1. The molecule has 1 aliphatic heterocycles. The van der Waals surface area contributed by atoms with E-state index >= 15 is 0 Å². The third-order valence-electron chi connectivity index (χ3n) is 4.15. The van der Waals surface area contributed by atoms with Crippen molar-refractivity contribution in [2.45, 2.75) is 30.4 Å². The minimum atomic E-state index is -0.480. The Balaban J connectivity index is 1.38. The number of carbonyl (C=O) groups is 2. The third kappa shape index (κ3) is 3.40.